The minimum atomic E-state index is -0.499. The van der Waals surface area contributed by atoms with Gasteiger partial charge in [-0.1, -0.05) is 13.8 Å². The number of aromatic nitrogens is 1. The Bertz CT molecular complexity index is 331. The zero-order chi connectivity index (χ0) is 13.5. The molecule has 5 heteroatoms. The van der Waals surface area contributed by atoms with Gasteiger partial charge < -0.3 is 19.6 Å². The first kappa shape index (κ1) is 15.1. The van der Waals surface area contributed by atoms with E-state index >= 15 is 0 Å². The Morgan fingerprint density at radius 1 is 1.33 bits per heavy atom. The van der Waals surface area contributed by atoms with E-state index < -0.39 is 6.10 Å². The van der Waals surface area contributed by atoms with Gasteiger partial charge in [-0.2, -0.15) is 0 Å². The number of hydrogen-bond acceptors (Lipinski definition) is 5. The van der Waals surface area contributed by atoms with E-state index in [4.69, 9.17) is 9.15 Å². The van der Waals surface area contributed by atoms with Gasteiger partial charge in [-0.3, -0.25) is 0 Å². The van der Waals surface area contributed by atoms with Crippen LogP contribution in [0.2, 0.25) is 0 Å². The lowest BCUT2D eigenvalue weighted by atomic mass is 10.2. The van der Waals surface area contributed by atoms with Crippen molar-refractivity contribution in [3.8, 4) is 0 Å². The Balaban J connectivity index is 2.13. The van der Waals surface area contributed by atoms with E-state index in [1.165, 1.54) is 0 Å². The summed E-state index contributed by atoms with van der Waals surface area (Å²) >= 11 is 0. The van der Waals surface area contributed by atoms with Crippen LogP contribution in [-0.4, -0.2) is 36.0 Å². The summed E-state index contributed by atoms with van der Waals surface area (Å²) in [6, 6.07) is 0. The molecule has 0 saturated carbocycles. The molecule has 2 N–H and O–H groups in total. The monoisotopic (exact) mass is 256 g/mol. The van der Waals surface area contributed by atoms with Crippen LogP contribution in [0.4, 0.5) is 0 Å². The van der Waals surface area contributed by atoms with Gasteiger partial charge in [0, 0.05) is 13.2 Å². The van der Waals surface area contributed by atoms with Gasteiger partial charge in [0.05, 0.1) is 24.9 Å². The zero-order valence-corrected chi connectivity index (χ0v) is 11.7. The number of aliphatic hydroxyl groups excluding tert-OH is 1. The maximum absolute atomic E-state index is 9.66. The molecule has 0 aliphatic rings. The molecule has 1 atom stereocenters. The van der Waals surface area contributed by atoms with Crippen molar-refractivity contribution in [2.24, 2.45) is 5.92 Å². The molecule has 0 saturated heterocycles. The number of rotatable bonds is 8. The molecule has 0 amide bonds. The third-order valence-corrected chi connectivity index (χ3v) is 2.49. The van der Waals surface area contributed by atoms with E-state index in [0.717, 1.165) is 11.5 Å². The third-order valence-electron chi connectivity index (χ3n) is 2.49. The molecule has 104 valence electrons. The predicted octanol–water partition coefficient (Wildman–Crippen LogP) is 1.41. The van der Waals surface area contributed by atoms with Crippen LogP contribution in [0.15, 0.2) is 4.42 Å². The Morgan fingerprint density at radius 3 is 2.61 bits per heavy atom. The van der Waals surface area contributed by atoms with Crippen LogP contribution in [0, 0.1) is 19.8 Å². The van der Waals surface area contributed by atoms with Crippen LogP contribution in [0.5, 0.6) is 0 Å². The summed E-state index contributed by atoms with van der Waals surface area (Å²) in [7, 11) is 0. The highest BCUT2D eigenvalue weighted by molar-refractivity contribution is 5.05. The molecule has 0 bridgehead atoms. The molecule has 0 fully saturated rings. The lowest BCUT2D eigenvalue weighted by molar-refractivity contribution is 0.0258. The molecule has 1 aromatic heterocycles. The Kier molecular flexibility index (Phi) is 6.32. The molecule has 0 aliphatic heterocycles. The average molecular weight is 256 g/mol. The van der Waals surface area contributed by atoms with Crippen LogP contribution in [-0.2, 0) is 11.3 Å². The lowest BCUT2D eigenvalue weighted by Crippen LogP contribution is -2.30. The Hall–Kier alpha value is -0.910. The summed E-state index contributed by atoms with van der Waals surface area (Å²) in [5, 5.41) is 12.8. The summed E-state index contributed by atoms with van der Waals surface area (Å²) in [6.45, 7) is 9.99. The van der Waals surface area contributed by atoms with Gasteiger partial charge in [-0.25, -0.2) is 4.98 Å². The van der Waals surface area contributed by atoms with Crippen molar-refractivity contribution in [3.63, 3.8) is 0 Å². The smallest absolute Gasteiger partial charge is 0.208 e. The topological polar surface area (TPSA) is 67.5 Å². The van der Waals surface area contributed by atoms with Crippen LogP contribution in [0.25, 0.3) is 0 Å². The number of nitrogens with zero attached hydrogens (tertiary/aromatic N) is 1. The van der Waals surface area contributed by atoms with Crippen molar-refractivity contribution < 1.29 is 14.3 Å². The Labute approximate surface area is 109 Å². The highest BCUT2D eigenvalue weighted by atomic mass is 16.5. The molecule has 1 heterocycles. The van der Waals surface area contributed by atoms with Gasteiger partial charge in [0.1, 0.15) is 5.76 Å². The molecule has 1 aromatic rings. The first-order valence-electron chi connectivity index (χ1n) is 6.38. The summed E-state index contributed by atoms with van der Waals surface area (Å²) < 4.78 is 10.8. The van der Waals surface area contributed by atoms with E-state index in [9.17, 15) is 5.11 Å². The van der Waals surface area contributed by atoms with E-state index in [1.807, 2.05) is 13.8 Å². The molecule has 18 heavy (non-hydrogen) atoms. The maximum Gasteiger partial charge on any atom is 0.208 e. The van der Waals surface area contributed by atoms with Gasteiger partial charge in [0.15, 0.2) is 0 Å². The van der Waals surface area contributed by atoms with Crippen molar-refractivity contribution in [1.82, 2.24) is 10.3 Å². The van der Waals surface area contributed by atoms with Crippen LogP contribution >= 0.6 is 0 Å². The van der Waals surface area contributed by atoms with E-state index in [1.54, 1.807) is 0 Å². The minimum Gasteiger partial charge on any atom is -0.444 e. The fourth-order valence-electron chi connectivity index (χ4n) is 1.46. The van der Waals surface area contributed by atoms with Crippen molar-refractivity contribution in [2.75, 3.05) is 19.8 Å². The lowest BCUT2D eigenvalue weighted by Gasteiger charge is -2.12. The van der Waals surface area contributed by atoms with E-state index in [0.29, 0.717) is 38.1 Å². The van der Waals surface area contributed by atoms with Crippen LogP contribution in [0.3, 0.4) is 0 Å². The van der Waals surface area contributed by atoms with Crippen LogP contribution < -0.4 is 5.32 Å². The van der Waals surface area contributed by atoms with Crippen LogP contribution in [0.1, 0.15) is 31.2 Å². The first-order valence-corrected chi connectivity index (χ1v) is 6.38. The quantitative estimate of drug-likeness (QED) is 0.736. The van der Waals surface area contributed by atoms with E-state index in [-0.39, 0.29) is 0 Å². The van der Waals surface area contributed by atoms with Gasteiger partial charge in [0.2, 0.25) is 5.89 Å². The van der Waals surface area contributed by atoms with Crippen molar-refractivity contribution >= 4 is 0 Å². The molecule has 1 rings (SSSR count). The number of ether oxygens (including phenoxy) is 1. The second-order valence-corrected chi connectivity index (χ2v) is 4.97. The average Bonchev–Trinajstić information content (AvgIpc) is 2.57. The second kappa shape index (κ2) is 7.51. The summed E-state index contributed by atoms with van der Waals surface area (Å²) in [6.07, 6.45) is -0.499. The molecule has 0 spiro atoms. The number of oxazole rings is 1. The van der Waals surface area contributed by atoms with Gasteiger partial charge in [0.25, 0.3) is 0 Å². The van der Waals surface area contributed by atoms with Crippen molar-refractivity contribution in [3.05, 3.63) is 17.3 Å². The van der Waals surface area contributed by atoms with Gasteiger partial charge in [-0.05, 0) is 19.8 Å². The summed E-state index contributed by atoms with van der Waals surface area (Å²) in [5.41, 5.74) is 0.910. The summed E-state index contributed by atoms with van der Waals surface area (Å²) in [5.74, 6) is 1.98. The first-order chi connectivity index (χ1) is 8.49. The number of hydrogen-bond donors (Lipinski definition) is 2. The fourth-order valence-corrected chi connectivity index (χ4v) is 1.46. The predicted molar refractivity (Wildman–Crippen MR) is 69.3 cm³/mol. The molecule has 5 nitrogen and oxygen atoms in total. The minimum absolute atomic E-state index is 0.356. The molecule has 1 unspecified atom stereocenters. The number of aryl methyl sites for hydroxylation is 2. The highest BCUT2D eigenvalue weighted by Gasteiger charge is 2.07. The van der Waals surface area contributed by atoms with Crippen molar-refractivity contribution in [2.45, 2.75) is 40.3 Å². The number of aliphatic hydroxyl groups is 1. The molecular weight excluding hydrogens is 232 g/mol. The van der Waals surface area contributed by atoms with E-state index in [2.05, 4.69) is 24.1 Å². The zero-order valence-electron chi connectivity index (χ0n) is 11.7. The van der Waals surface area contributed by atoms with Crippen molar-refractivity contribution in [1.29, 1.82) is 0 Å². The Morgan fingerprint density at radius 2 is 2.06 bits per heavy atom. The highest BCUT2D eigenvalue weighted by Crippen LogP contribution is 2.07. The normalized spacial score (nSPS) is 13.2. The molecule has 0 radical (unpaired) electrons. The fraction of sp³-hybridized carbons (Fsp3) is 0.769. The molecular formula is C13H24N2O3. The van der Waals surface area contributed by atoms with Gasteiger partial charge >= 0.3 is 0 Å². The van der Waals surface area contributed by atoms with Gasteiger partial charge in [-0.15, -0.1) is 0 Å². The molecule has 0 aromatic carbocycles. The maximum atomic E-state index is 9.66. The summed E-state index contributed by atoms with van der Waals surface area (Å²) in [4.78, 5) is 4.25. The third kappa shape index (κ3) is 5.62. The second-order valence-electron chi connectivity index (χ2n) is 4.97. The number of nitrogens with one attached hydrogen (secondary N) is 1. The SMILES string of the molecule is Cc1nc(CNCC(O)COCC(C)C)oc1C. The largest absolute Gasteiger partial charge is 0.444 e. The molecule has 0 aliphatic carbocycles. The standard InChI is InChI=1S/C13H24N2O3/c1-9(2)7-17-8-12(16)5-14-6-13-15-10(3)11(4)18-13/h9,12,14,16H,5-8H2,1-4H3.